The minimum absolute atomic E-state index is 0.0441. The number of nitro benzene ring substituents is 1. The molecule has 184 valence electrons. The molecule has 0 amide bonds. The van der Waals surface area contributed by atoms with Crippen LogP contribution >= 0.6 is 0 Å². The quantitative estimate of drug-likeness (QED) is 0.137. The van der Waals surface area contributed by atoms with Crippen molar-refractivity contribution in [1.82, 2.24) is 0 Å². The van der Waals surface area contributed by atoms with Gasteiger partial charge in [0.25, 0.3) is 0 Å². The number of ether oxygens (including phenoxy) is 4. The fourth-order valence-electron chi connectivity index (χ4n) is 2.85. The number of carbonyl (C=O) groups is 2. The van der Waals surface area contributed by atoms with E-state index < -0.39 is 22.5 Å². The second-order valence-electron chi connectivity index (χ2n) is 7.34. The molecule has 0 aromatic heterocycles. The number of hydrogen-bond acceptors (Lipinski definition) is 9. The van der Waals surface area contributed by atoms with Crippen LogP contribution in [0, 0.1) is 10.1 Å². The molecule has 2 N–H and O–H groups in total. The maximum atomic E-state index is 12.7. The van der Waals surface area contributed by atoms with Crippen LogP contribution in [0.3, 0.4) is 0 Å². The molecule has 10 nitrogen and oxygen atoms in total. The van der Waals surface area contributed by atoms with Crippen molar-refractivity contribution in [2.45, 2.75) is 39.5 Å². The van der Waals surface area contributed by atoms with Crippen LogP contribution in [0.5, 0.6) is 11.5 Å². The fraction of sp³-hybridized carbons (Fsp3) is 0.417. The van der Waals surface area contributed by atoms with E-state index in [9.17, 15) is 19.7 Å². The number of rotatable bonds is 14. The summed E-state index contributed by atoms with van der Waals surface area (Å²) in [6.07, 6.45) is 2.86. The lowest BCUT2D eigenvalue weighted by molar-refractivity contribution is -0.385. The van der Waals surface area contributed by atoms with Gasteiger partial charge < -0.3 is 24.7 Å². The molecule has 34 heavy (non-hydrogen) atoms. The first-order valence-corrected chi connectivity index (χ1v) is 11.2. The Kier molecular flexibility index (Phi) is 10.6. The van der Waals surface area contributed by atoms with Crippen molar-refractivity contribution in [2.24, 2.45) is 0 Å². The summed E-state index contributed by atoms with van der Waals surface area (Å²) in [5.74, 6) is -1.37. The molecule has 0 atom stereocenters. The van der Waals surface area contributed by atoms with Gasteiger partial charge in [-0.15, -0.1) is 0 Å². The molecule has 2 rings (SSSR count). The minimum atomic E-state index is -0.839. The van der Waals surface area contributed by atoms with Crippen LogP contribution in [0.15, 0.2) is 36.4 Å². The van der Waals surface area contributed by atoms with Crippen molar-refractivity contribution >= 4 is 23.3 Å². The monoisotopic (exact) mass is 474 g/mol. The van der Waals surface area contributed by atoms with Crippen molar-refractivity contribution in [2.75, 3.05) is 32.2 Å². The Balaban J connectivity index is 2.26. The van der Waals surface area contributed by atoms with E-state index in [0.29, 0.717) is 24.3 Å². The summed E-state index contributed by atoms with van der Waals surface area (Å²) in [5.41, 5.74) is 5.37. The van der Waals surface area contributed by atoms with Crippen molar-refractivity contribution in [3.63, 3.8) is 0 Å². The summed E-state index contributed by atoms with van der Waals surface area (Å²) in [7, 11) is 0. The number of unbranched alkanes of at least 4 members (excludes halogenated alkanes) is 2. The first kappa shape index (κ1) is 26.4. The first-order valence-electron chi connectivity index (χ1n) is 11.2. The van der Waals surface area contributed by atoms with Gasteiger partial charge in [-0.25, -0.2) is 9.59 Å². The molecule has 0 saturated heterocycles. The van der Waals surface area contributed by atoms with Gasteiger partial charge in [-0.2, -0.15) is 0 Å². The summed E-state index contributed by atoms with van der Waals surface area (Å²) in [4.78, 5) is 36.2. The molecule has 0 fully saturated rings. The number of benzene rings is 2. The highest BCUT2D eigenvalue weighted by molar-refractivity contribution is 6.04. The molecular weight excluding hydrogens is 444 g/mol. The maximum Gasteiger partial charge on any atom is 0.339 e. The van der Waals surface area contributed by atoms with Gasteiger partial charge in [0.15, 0.2) is 5.75 Å². The van der Waals surface area contributed by atoms with E-state index in [1.807, 2.05) is 13.8 Å². The Morgan fingerprint density at radius 1 is 0.853 bits per heavy atom. The number of nitro groups is 1. The van der Waals surface area contributed by atoms with Gasteiger partial charge in [-0.05, 0) is 25.0 Å². The number of nitrogen functional groups attached to an aromatic ring is 1. The number of nitrogens with two attached hydrogens (primary N) is 1. The average molecular weight is 475 g/mol. The molecule has 0 spiro atoms. The van der Waals surface area contributed by atoms with Gasteiger partial charge in [0.2, 0.25) is 0 Å². The zero-order valence-electron chi connectivity index (χ0n) is 19.4. The molecule has 10 heteroatoms. The lowest BCUT2D eigenvalue weighted by Crippen LogP contribution is -2.17. The number of hydrogen-bond donors (Lipinski definition) is 1. The second kappa shape index (κ2) is 13.7. The highest BCUT2D eigenvalue weighted by Gasteiger charge is 2.28. The van der Waals surface area contributed by atoms with Crippen LogP contribution in [0.1, 0.15) is 60.2 Å². The van der Waals surface area contributed by atoms with Crippen molar-refractivity contribution in [3.8, 4) is 11.5 Å². The van der Waals surface area contributed by atoms with Crippen LogP contribution < -0.4 is 15.2 Å². The lowest BCUT2D eigenvalue weighted by Gasteiger charge is -2.13. The molecule has 0 unspecified atom stereocenters. The summed E-state index contributed by atoms with van der Waals surface area (Å²) >= 11 is 0. The number of nitrogens with zero attached hydrogens (tertiary/aromatic N) is 1. The van der Waals surface area contributed by atoms with Gasteiger partial charge in [0.1, 0.15) is 19.0 Å². The Labute approximate surface area is 198 Å². The van der Waals surface area contributed by atoms with E-state index in [1.54, 1.807) is 24.3 Å². The standard InChI is InChI=1S/C24H30N2O8/c1-3-5-11-33-23(27)17-15-20(26(29)30)22(16-18(17)24(28)34-12-6-4-2)32-14-13-31-21-10-8-7-9-19(21)25/h7-10,15-16H,3-6,11-14,25H2,1-2H3. The Hall–Kier alpha value is -3.82. The number of carbonyl (C=O) groups excluding carboxylic acids is 2. The molecule has 0 radical (unpaired) electrons. The predicted molar refractivity (Wildman–Crippen MR) is 125 cm³/mol. The summed E-state index contributed by atoms with van der Waals surface area (Å²) in [5, 5.41) is 11.7. The Morgan fingerprint density at radius 3 is 1.91 bits per heavy atom. The molecule has 0 bridgehead atoms. The van der Waals surface area contributed by atoms with Crippen LogP contribution in [-0.2, 0) is 9.47 Å². The normalized spacial score (nSPS) is 10.4. The maximum absolute atomic E-state index is 12.7. The minimum Gasteiger partial charge on any atom is -0.488 e. The largest absolute Gasteiger partial charge is 0.488 e. The van der Waals surface area contributed by atoms with E-state index in [2.05, 4.69) is 0 Å². The SMILES string of the molecule is CCCCOC(=O)c1cc(OCCOc2ccccc2N)c([N+](=O)[O-])cc1C(=O)OCCCC. The Bertz CT molecular complexity index is 993. The van der Waals surface area contributed by atoms with Gasteiger partial charge in [-0.3, -0.25) is 10.1 Å². The summed E-state index contributed by atoms with van der Waals surface area (Å²) in [6, 6.07) is 9.00. The molecule has 0 aliphatic heterocycles. The van der Waals surface area contributed by atoms with E-state index in [1.165, 1.54) is 0 Å². The first-order chi connectivity index (χ1) is 16.4. The summed E-state index contributed by atoms with van der Waals surface area (Å²) in [6.45, 7) is 4.12. The van der Waals surface area contributed by atoms with E-state index in [4.69, 9.17) is 24.7 Å². The number of para-hydroxylation sites is 2. The van der Waals surface area contributed by atoms with E-state index in [-0.39, 0.29) is 43.3 Å². The number of anilines is 1. The third kappa shape index (κ3) is 7.65. The predicted octanol–water partition coefficient (Wildman–Crippen LogP) is 4.55. The molecule has 2 aromatic rings. The molecule has 0 aliphatic carbocycles. The molecular formula is C24H30N2O8. The topological polar surface area (TPSA) is 140 Å². The fourth-order valence-corrected chi connectivity index (χ4v) is 2.85. The zero-order valence-corrected chi connectivity index (χ0v) is 19.4. The highest BCUT2D eigenvalue weighted by Crippen LogP contribution is 2.32. The van der Waals surface area contributed by atoms with E-state index >= 15 is 0 Å². The van der Waals surface area contributed by atoms with Gasteiger partial charge in [0, 0.05) is 12.1 Å². The molecule has 0 saturated carbocycles. The number of esters is 2. The smallest absolute Gasteiger partial charge is 0.339 e. The Morgan fingerprint density at radius 2 is 1.38 bits per heavy atom. The third-order valence-corrected chi connectivity index (χ3v) is 4.72. The van der Waals surface area contributed by atoms with Crippen molar-refractivity contribution < 1.29 is 33.5 Å². The zero-order chi connectivity index (χ0) is 24.9. The second-order valence-corrected chi connectivity index (χ2v) is 7.34. The lowest BCUT2D eigenvalue weighted by atomic mass is 10.1. The summed E-state index contributed by atoms with van der Waals surface area (Å²) < 4.78 is 21.5. The van der Waals surface area contributed by atoms with Gasteiger partial charge in [-0.1, -0.05) is 38.8 Å². The molecule has 0 heterocycles. The highest BCUT2D eigenvalue weighted by atomic mass is 16.6. The average Bonchev–Trinajstić information content (AvgIpc) is 2.82. The van der Waals surface area contributed by atoms with E-state index in [0.717, 1.165) is 25.0 Å². The van der Waals surface area contributed by atoms with Crippen LogP contribution in [0.4, 0.5) is 11.4 Å². The van der Waals surface area contributed by atoms with Crippen LogP contribution in [-0.4, -0.2) is 43.3 Å². The molecule has 0 aliphatic rings. The molecule has 2 aromatic carbocycles. The van der Waals surface area contributed by atoms with Crippen molar-refractivity contribution in [1.29, 1.82) is 0 Å². The van der Waals surface area contributed by atoms with Gasteiger partial charge in [0.05, 0.1) is 35.0 Å². The van der Waals surface area contributed by atoms with Crippen molar-refractivity contribution in [3.05, 3.63) is 57.6 Å². The third-order valence-electron chi connectivity index (χ3n) is 4.72. The van der Waals surface area contributed by atoms with Crippen LogP contribution in [0.2, 0.25) is 0 Å². The van der Waals surface area contributed by atoms with Crippen LogP contribution in [0.25, 0.3) is 0 Å². The van der Waals surface area contributed by atoms with Gasteiger partial charge >= 0.3 is 17.6 Å².